The first-order valence-corrected chi connectivity index (χ1v) is 5.31. The molecule has 0 radical (unpaired) electrons. The maximum absolute atomic E-state index is 8.70. The number of nitriles is 1. The van der Waals surface area contributed by atoms with Crippen molar-refractivity contribution in [3.05, 3.63) is 42.0 Å². The van der Waals surface area contributed by atoms with E-state index in [2.05, 4.69) is 21.6 Å². The molecule has 1 unspecified atom stereocenters. The number of nitrogens with zero attached hydrogens (tertiary/aromatic N) is 4. The van der Waals surface area contributed by atoms with Crippen LogP contribution in [0, 0.1) is 11.3 Å². The second-order valence-corrected chi connectivity index (χ2v) is 3.86. The number of aromatic nitrogens is 3. The highest BCUT2D eigenvalue weighted by Crippen LogP contribution is 2.17. The quantitative estimate of drug-likeness (QED) is 0.869. The minimum atomic E-state index is 0.0652. The summed E-state index contributed by atoms with van der Waals surface area (Å²) in [6, 6.07) is 9.48. The number of rotatable bonds is 3. The van der Waals surface area contributed by atoms with E-state index in [0.29, 0.717) is 5.56 Å². The van der Waals surface area contributed by atoms with Crippen LogP contribution in [0.5, 0.6) is 0 Å². The molecule has 1 heterocycles. The lowest BCUT2D eigenvalue weighted by atomic mass is 10.2. The third kappa shape index (κ3) is 2.42. The van der Waals surface area contributed by atoms with Gasteiger partial charge in [0.15, 0.2) is 5.82 Å². The Hall–Kier alpha value is -2.35. The number of benzene rings is 1. The molecule has 0 fully saturated rings. The van der Waals surface area contributed by atoms with Crippen LogP contribution in [0.4, 0.5) is 5.69 Å². The van der Waals surface area contributed by atoms with E-state index in [1.54, 1.807) is 18.5 Å². The zero-order valence-corrected chi connectivity index (χ0v) is 9.75. The second-order valence-electron chi connectivity index (χ2n) is 3.86. The fraction of sp³-hybridized carbons (Fsp3) is 0.250. The molecule has 1 atom stereocenters. The maximum Gasteiger partial charge on any atom is 0.154 e. The van der Waals surface area contributed by atoms with E-state index >= 15 is 0 Å². The Morgan fingerprint density at radius 3 is 2.59 bits per heavy atom. The van der Waals surface area contributed by atoms with Crippen LogP contribution in [0.25, 0.3) is 0 Å². The minimum absolute atomic E-state index is 0.0652. The van der Waals surface area contributed by atoms with Crippen molar-refractivity contribution in [3.63, 3.8) is 0 Å². The Kier molecular flexibility index (Phi) is 3.06. The average molecular weight is 227 g/mol. The molecule has 2 rings (SSSR count). The molecule has 5 heteroatoms. The summed E-state index contributed by atoms with van der Waals surface area (Å²) in [6.07, 6.45) is 1.67. The van der Waals surface area contributed by atoms with Crippen molar-refractivity contribution < 1.29 is 0 Å². The molecule has 2 aromatic rings. The van der Waals surface area contributed by atoms with E-state index in [-0.39, 0.29) is 6.04 Å². The predicted octanol–water partition coefficient (Wildman–Crippen LogP) is 1.86. The van der Waals surface area contributed by atoms with Crippen LogP contribution in [0.15, 0.2) is 30.6 Å². The molecule has 86 valence electrons. The van der Waals surface area contributed by atoms with E-state index in [0.717, 1.165) is 11.5 Å². The molecular formula is C12H13N5. The van der Waals surface area contributed by atoms with Crippen LogP contribution in [-0.2, 0) is 7.05 Å². The summed E-state index contributed by atoms with van der Waals surface area (Å²) < 4.78 is 1.88. The van der Waals surface area contributed by atoms with Gasteiger partial charge in [0.1, 0.15) is 6.33 Å². The van der Waals surface area contributed by atoms with Crippen LogP contribution >= 0.6 is 0 Å². The standard InChI is InChI=1S/C12H13N5/c1-9(12-16-14-8-17(12)2)15-11-5-3-10(7-13)4-6-11/h3-6,8-9,15H,1-2H3. The van der Waals surface area contributed by atoms with Crippen LogP contribution in [-0.4, -0.2) is 14.8 Å². The van der Waals surface area contributed by atoms with E-state index in [4.69, 9.17) is 5.26 Å². The Morgan fingerprint density at radius 2 is 2.06 bits per heavy atom. The van der Waals surface area contributed by atoms with Crippen molar-refractivity contribution in [1.29, 1.82) is 5.26 Å². The molecule has 0 aliphatic rings. The molecule has 1 aromatic heterocycles. The Morgan fingerprint density at radius 1 is 1.35 bits per heavy atom. The molecule has 0 bridgehead atoms. The predicted molar refractivity (Wildman–Crippen MR) is 64.2 cm³/mol. The second kappa shape index (κ2) is 4.66. The lowest BCUT2D eigenvalue weighted by Gasteiger charge is -2.14. The zero-order chi connectivity index (χ0) is 12.3. The van der Waals surface area contributed by atoms with Gasteiger partial charge in [-0.1, -0.05) is 0 Å². The first-order chi connectivity index (χ1) is 8.20. The van der Waals surface area contributed by atoms with Gasteiger partial charge in [0, 0.05) is 12.7 Å². The fourth-order valence-electron chi connectivity index (χ4n) is 1.64. The summed E-state index contributed by atoms with van der Waals surface area (Å²) >= 11 is 0. The van der Waals surface area contributed by atoms with Crippen molar-refractivity contribution in [1.82, 2.24) is 14.8 Å². The molecule has 1 aromatic carbocycles. The summed E-state index contributed by atoms with van der Waals surface area (Å²) in [5.41, 5.74) is 1.61. The third-order valence-electron chi connectivity index (χ3n) is 2.53. The first-order valence-electron chi connectivity index (χ1n) is 5.31. The SMILES string of the molecule is CC(Nc1ccc(C#N)cc1)c1nncn1C. The van der Waals surface area contributed by atoms with Gasteiger partial charge in [0.2, 0.25) is 0 Å². The largest absolute Gasteiger partial charge is 0.375 e. The van der Waals surface area contributed by atoms with E-state index in [1.807, 2.05) is 30.7 Å². The van der Waals surface area contributed by atoms with Crippen LogP contribution in [0.2, 0.25) is 0 Å². The lowest BCUT2D eigenvalue weighted by molar-refractivity contribution is 0.719. The van der Waals surface area contributed by atoms with Gasteiger partial charge >= 0.3 is 0 Å². The normalized spacial score (nSPS) is 11.8. The topological polar surface area (TPSA) is 66.5 Å². The van der Waals surface area contributed by atoms with Crippen LogP contribution < -0.4 is 5.32 Å². The van der Waals surface area contributed by atoms with Crippen LogP contribution in [0.1, 0.15) is 24.4 Å². The molecule has 0 spiro atoms. The molecule has 5 nitrogen and oxygen atoms in total. The highest BCUT2D eigenvalue weighted by atomic mass is 15.3. The molecule has 17 heavy (non-hydrogen) atoms. The molecule has 0 amide bonds. The number of aryl methyl sites for hydroxylation is 1. The van der Waals surface area contributed by atoms with Crippen molar-refractivity contribution in [2.75, 3.05) is 5.32 Å². The van der Waals surface area contributed by atoms with Crippen molar-refractivity contribution in [2.24, 2.45) is 7.05 Å². The van der Waals surface area contributed by atoms with Gasteiger partial charge in [0.25, 0.3) is 0 Å². The molecule has 0 aliphatic heterocycles. The molecule has 0 saturated heterocycles. The molecule has 0 saturated carbocycles. The summed E-state index contributed by atoms with van der Waals surface area (Å²) in [4.78, 5) is 0. The number of anilines is 1. The lowest BCUT2D eigenvalue weighted by Crippen LogP contribution is -2.11. The maximum atomic E-state index is 8.70. The Bertz CT molecular complexity index is 535. The molecule has 1 N–H and O–H groups in total. The summed E-state index contributed by atoms with van der Waals surface area (Å²) in [5.74, 6) is 0.870. The van der Waals surface area contributed by atoms with Gasteiger partial charge in [0.05, 0.1) is 17.7 Å². The Labute approximate surface area is 99.7 Å². The van der Waals surface area contributed by atoms with E-state index < -0.39 is 0 Å². The summed E-state index contributed by atoms with van der Waals surface area (Å²) in [5, 5.41) is 19.9. The van der Waals surface area contributed by atoms with Crippen molar-refractivity contribution in [2.45, 2.75) is 13.0 Å². The van der Waals surface area contributed by atoms with E-state index in [1.165, 1.54) is 0 Å². The summed E-state index contributed by atoms with van der Waals surface area (Å²) in [7, 11) is 1.91. The number of hydrogen-bond donors (Lipinski definition) is 1. The van der Waals surface area contributed by atoms with Gasteiger partial charge < -0.3 is 9.88 Å². The Balaban J connectivity index is 2.11. The number of hydrogen-bond acceptors (Lipinski definition) is 4. The molecular weight excluding hydrogens is 214 g/mol. The monoisotopic (exact) mass is 227 g/mol. The fourth-order valence-corrected chi connectivity index (χ4v) is 1.64. The minimum Gasteiger partial charge on any atom is -0.375 e. The van der Waals surface area contributed by atoms with Gasteiger partial charge in [-0.2, -0.15) is 5.26 Å². The van der Waals surface area contributed by atoms with E-state index in [9.17, 15) is 0 Å². The van der Waals surface area contributed by atoms with Gasteiger partial charge in [-0.05, 0) is 31.2 Å². The van der Waals surface area contributed by atoms with Gasteiger partial charge in [-0.25, -0.2) is 0 Å². The van der Waals surface area contributed by atoms with Gasteiger partial charge in [-0.15, -0.1) is 10.2 Å². The number of nitrogens with one attached hydrogen (secondary N) is 1. The first kappa shape index (κ1) is 11.1. The van der Waals surface area contributed by atoms with Crippen LogP contribution in [0.3, 0.4) is 0 Å². The van der Waals surface area contributed by atoms with Crippen molar-refractivity contribution >= 4 is 5.69 Å². The molecule has 0 aliphatic carbocycles. The smallest absolute Gasteiger partial charge is 0.154 e. The highest BCUT2D eigenvalue weighted by Gasteiger charge is 2.10. The van der Waals surface area contributed by atoms with Crippen molar-refractivity contribution in [3.8, 4) is 6.07 Å². The highest BCUT2D eigenvalue weighted by molar-refractivity contribution is 5.48. The zero-order valence-electron chi connectivity index (χ0n) is 9.75. The van der Waals surface area contributed by atoms with Gasteiger partial charge in [-0.3, -0.25) is 0 Å². The average Bonchev–Trinajstić information content (AvgIpc) is 2.76. The third-order valence-corrected chi connectivity index (χ3v) is 2.53. The summed E-state index contributed by atoms with van der Waals surface area (Å²) in [6.45, 7) is 2.02.